The summed E-state index contributed by atoms with van der Waals surface area (Å²) in [7, 11) is 0. The van der Waals surface area contributed by atoms with Crippen molar-refractivity contribution in [3.8, 4) is 11.4 Å². The van der Waals surface area contributed by atoms with Crippen molar-refractivity contribution >= 4 is 23.2 Å². The Bertz CT molecular complexity index is 1420. The SMILES string of the molecule is CCc1ccc(-c2noc(C3=C(C)N(Cc4ccccc4Cl)C(=O)NC3c3ccc(C)cc3)n2)cc1. The normalized spacial score (nSPS) is 15.8. The number of halogens is 1. The molecule has 0 bridgehead atoms. The van der Waals surface area contributed by atoms with Crippen LogP contribution in [0.1, 0.15) is 48.0 Å². The Morgan fingerprint density at radius 3 is 2.42 bits per heavy atom. The van der Waals surface area contributed by atoms with Crippen molar-refractivity contribution in [3.63, 3.8) is 0 Å². The lowest BCUT2D eigenvalue weighted by atomic mass is 9.94. The number of rotatable bonds is 6. The second kappa shape index (κ2) is 9.99. The van der Waals surface area contributed by atoms with E-state index in [-0.39, 0.29) is 6.03 Å². The van der Waals surface area contributed by atoms with E-state index < -0.39 is 6.04 Å². The van der Waals surface area contributed by atoms with Gasteiger partial charge in [0, 0.05) is 16.3 Å². The van der Waals surface area contributed by atoms with Crippen LogP contribution in [0.5, 0.6) is 0 Å². The minimum atomic E-state index is -0.434. The molecule has 0 saturated carbocycles. The highest BCUT2D eigenvalue weighted by Gasteiger charge is 2.36. The fourth-order valence-electron chi connectivity index (χ4n) is 4.39. The van der Waals surface area contributed by atoms with Gasteiger partial charge in [0.1, 0.15) is 0 Å². The van der Waals surface area contributed by atoms with Crippen LogP contribution in [0.25, 0.3) is 17.0 Å². The summed E-state index contributed by atoms with van der Waals surface area (Å²) in [6.07, 6.45) is 0.961. The third-order valence-corrected chi connectivity index (χ3v) is 6.94. The van der Waals surface area contributed by atoms with E-state index in [1.165, 1.54) is 5.56 Å². The lowest BCUT2D eigenvalue weighted by molar-refractivity contribution is 0.203. The molecule has 182 valence electrons. The summed E-state index contributed by atoms with van der Waals surface area (Å²) in [4.78, 5) is 19.7. The standard InChI is InChI=1S/C29H27ClN4O2/c1-4-20-11-15-22(16-12-20)27-32-28(36-33-27)25-19(3)34(17-23-7-5-6-8-24(23)30)29(35)31-26(25)21-13-9-18(2)10-14-21/h5-16,26H,4,17H2,1-3H3,(H,31,35). The number of nitrogens with one attached hydrogen (secondary N) is 1. The minimum absolute atomic E-state index is 0.211. The van der Waals surface area contributed by atoms with Gasteiger partial charge in [-0.1, -0.05) is 96.0 Å². The number of urea groups is 1. The van der Waals surface area contributed by atoms with Crippen LogP contribution in [-0.2, 0) is 13.0 Å². The van der Waals surface area contributed by atoms with Crippen molar-refractivity contribution in [2.45, 2.75) is 39.8 Å². The maximum absolute atomic E-state index is 13.3. The van der Waals surface area contributed by atoms with E-state index >= 15 is 0 Å². The van der Waals surface area contributed by atoms with Gasteiger partial charge in [-0.05, 0) is 43.0 Å². The van der Waals surface area contributed by atoms with Crippen LogP contribution >= 0.6 is 11.6 Å². The number of hydrogen-bond acceptors (Lipinski definition) is 4. The van der Waals surface area contributed by atoms with Gasteiger partial charge >= 0.3 is 6.03 Å². The zero-order valence-corrected chi connectivity index (χ0v) is 21.2. The Hall–Kier alpha value is -3.90. The number of amides is 2. The number of aromatic nitrogens is 2. The molecule has 1 atom stereocenters. The number of hydrogen-bond donors (Lipinski definition) is 1. The van der Waals surface area contributed by atoms with E-state index in [9.17, 15) is 4.79 Å². The van der Waals surface area contributed by atoms with E-state index in [1.54, 1.807) is 4.90 Å². The molecule has 3 aromatic carbocycles. The van der Waals surface area contributed by atoms with Gasteiger partial charge in [0.25, 0.3) is 5.89 Å². The second-order valence-corrected chi connectivity index (χ2v) is 9.35. The largest absolute Gasteiger partial charge is 0.334 e. The quantitative estimate of drug-likeness (QED) is 0.312. The summed E-state index contributed by atoms with van der Waals surface area (Å²) in [6.45, 7) is 6.38. The Morgan fingerprint density at radius 2 is 1.72 bits per heavy atom. The summed E-state index contributed by atoms with van der Waals surface area (Å²) in [5.41, 5.74) is 6.54. The van der Waals surface area contributed by atoms with Gasteiger partial charge in [-0.15, -0.1) is 0 Å². The number of carbonyl (C=O) groups is 1. The number of nitrogens with zero attached hydrogens (tertiary/aromatic N) is 3. The number of benzene rings is 3. The molecule has 0 saturated heterocycles. The third-order valence-electron chi connectivity index (χ3n) is 6.57. The smallest absolute Gasteiger partial charge is 0.322 e. The number of allylic oxidation sites excluding steroid dienone is 1. The van der Waals surface area contributed by atoms with E-state index in [0.29, 0.717) is 23.3 Å². The summed E-state index contributed by atoms with van der Waals surface area (Å²) in [5, 5.41) is 8.01. The second-order valence-electron chi connectivity index (χ2n) is 8.94. The van der Waals surface area contributed by atoms with Gasteiger partial charge in [0.05, 0.1) is 18.2 Å². The molecule has 1 aromatic heterocycles. The van der Waals surface area contributed by atoms with Gasteiger partial charge in [0.2, 0.25) is 5.82 Å². The van der Waals surface area contributed by atoms with Crippen molar-refractivity contribution < 1.29 is 9.32 Å². The van der Waals surface area contributed by atoms with Gasteiger partial charge < -0.3 is 9.84 Å². The Balaban J connectivity index is 1.58. The highest BCUT2D eigenvalue weighted by Crippen LogP contribution is 2.38. The first kappa shape index (κ1) is 23.8. The molecule has 1 aliphatic heterocycles. The van der Waals surface area contributed by atoms with E-state index in [1.807, 2.05) is 74.5 Å². The van der Waals surface area contributed by atoms with Crippen molar-refractivity contribution in [3.05, 3.63) is 112 Å². The number of aryl methyl sites for hydroxylation is 2. The molecule has 1 N–H and O–H groups in total. The Kier molecular flexibility index (Phi) is 6.61. The van der Waals surface area contributed by atoms with Crippen molar-refractivity contribution in [2.24, 2.45) is 0 Å². The molecule has 6 nitrogen and oxygen atoms in total. The van der Waals surface area contributed by atoms with Crippen molar-refractivity contribution in [1.82, 2.24) is 20.4 Å². The van der Waals surface area contributed by atoms with E-state index in [0.717, 1.165) is 39.9 Å². The van der Waals surface area contributed by atoms with Crippen LogP contribution in [0.3, 0.4) is 0 Å². The summed E-state index contributed by atoms with van der Waals surface area (Å²) in [6, 6.07) is 23.1. The Labute approximate surface area is 215 Å². The highest BCUT2D eigenvalue weighted by molar-refractivity contribution is 6.31. The molecule has 36 heavy (non-hydrogen) atoms. The first-order valence-electron chi connectivity index (χ1n) is 12.0. The minimum Gasteiger partial charge on any atom is -0.334 e. The molecular weight excluding hydrogens is 472 g/mol. The Morgan fingerprint density at radius 1 is 1.00 bits per heavy atom. The van der Waals surface area contributed by atoms with Gasteiger partial charge in [-0.25, -0.2) is 4.79 Å². The first-order chi connectivity index (χ1) is 17.4. The zero-order chi connectivity index (χ0) is 25.2. The topological polar surface area (TPSA) is 71.3 Å². The van der Waals surface area contributed by atoms with Gasteiger partial charge in [-0.2, -0.15) is 4.98 Å². The van der Waals surface area contributed by atoms with Crippen LogP contribution in [0, 0.1) is 6.92 Å². The molecule has 0 spiro atoms. The van der Waals surface area contributed by atoms with E-state index in [2.05, 4.69) is 29.5 Å². The van der Waals surface area contributed by atoms with Crippen molar-refractivity contribution in [1.29, 1.82) is 0 Å². The van der Waals surface area contributed by atoms with Crippen molar-refractivity contribution in [2.75, 3.05) is 0 Å². The van der Waals surface area contributed by atoms with Crippen LogP contribution in [0.15, 0.2) is 83.0 Å². The molecule has 2 amide bonds. The zero-order valence-electron chi connectivity index (χ0n) is 20.5. The van der Waals surface area contributed by atoms with E-state index in [4.69, 9.17) is 21.1 Å². The maximum Gasteiger partial charge on any atom is 0.322 e. The molecule has 0 fully saturated rings. The fourth-order valence-corrected chi connectivity index (χ4v) is 4.59. The average molecular weight is 499 g/mol. The first-order valence-corrected chi connectivity index (χ1v) is 12.3. The molecule has 7 heteroatoms. The average Bonchev–Trinajstić information content (AvgIpc) is 3.37. The lowest BCUT2D eigenvalue weighted by Gasteiger charge is -2.35. The predicted octanol–water partition coefficient (Wildman–Crippen LogP) is 6.96. The lowest BCUT2D eigenvalue weighted by Crippen LogP contribution is -2.45. The van der Waals surface area contributed by atoms with Crippen LogP contribution in [-0.4, -0.2) is 21.1 Å². The molecule has 0 aliphatic carbocycles. The fraction of sp³-hybridized carbons (Fsp3) is 0.207. The monoisotopic (exact) mass is 498 g/mol. The molecule has 5 rings (SSSR count). The van der Waals surface area contributed by atoms with Gasteiger partial charge in [0.15, 0.2) is 0 Å². The van der Waals surface area contributed by atoms with Crippen LogP contribution < -0.4 is 5.32 Å². The summed E-state index contributed by atoms with van der Waals surface area (Å²) >= 11 is 6.41. The molecule has 1 aliphatic rings. The highest BCUT2D eigenvalue weighted by atomic mass is 35.5. The number of carbonyl (C=O) groups excluding carboxylic acids is 1. The molecule has 0 radical (unpaired) electrons. The maximum atomic E-state index is 13.3. The summed E-state index contributed by atoms with van der Waals surface area (Å²) in [5.74, 6) is 0.877. The van der Waals surface area contributed by atoms with Gasteiger partial charge in [-0.3, -0.25) is 4.90 Å². The third kappa shape index (κ3) is 4.64. The molecule has 4 aromatic rings. The molecule has 1 unspecified atom stereocenters. The predicted molar refractivity (Wildman–Crippen MR) is 141 cm³/mol. The summed E-state index contributed by atoms with van der Waals surface area (Å²) < 4.78 is 5.80. The van der Waals surface area contributed by atoms with Crippen LogP contribution in [0.4, 0.5) is 4.79 Å². The molecule has 2 heterocycles. The van der Waals surface area contributed by atoms with Crippen LogP contribution in [0.2, 0.25) is 5.02 Å². The molecular formula is C29H27ClN4O2.